The Hall–Kier alpha value is -1.88. The maximum Gasteiger partial charge on any atom is 0.256 e. The summed E-state index contributed by atoms with van der Waals surface area (Å²) in [7, 11) is 0. The molecule has 0 fully saturated rings. The summed E-state index contributed by atoms with van der Waals surface area (Å²) in [5.74, 6) is -0.331. The Balaban J connectivity index is 1.97. The number of carbonyl (C=O) groups excluding carboxylic acids is 2. The Labute approximate surface area is 109 Å². The number of fused-ring (bicyclic) bond motifs is 1. The zero-order valence-electron chi connectivity index (χ0n) is 9.65. The van der Waals surface area contributed by atoms with Crippen molar-refractivity contribution in [2.24, 2.45) is 0 Å². The molecule has 1 aliphatic rings. The number of rotatable bonds is 4. The fourth-order valence-electron chi connectivity index (χ4n) is 1.78. The highest BCUT2D eigenvalue weighted by Gasteiger charge is 2.28. The summed E-state index contributed by atoms with van der Waals surface area (Å²) in [6.07, 6.45) is 1.20. The second kappa shape index (κ2) is 5.18. The van der Waals surface area contributed by atoms with Crippen molar-refractivity contribution in [1.82, 2.24) is 15.2 Å². The Morgan fingerprint density at radius 2 is 2.39 bits per heavy atom. The predicted octanol–water partition coefficient (Wildman–Crippen LogP) is 0.993. The molecule has 1 aliphatic heterocycles. The van der Waals surface area contributed by atoms with Crippen LogP contribution in [0.2, 0.25) is 5.15 Å². The minimum atomic E-state index is -0.250. The molecular weight excluding hydrogens is 254 g/mol. The number of nitrogens with zero attached hydrogens (tertiary/aromatic N) is 2. The van der Waals surface area contributed by atoms with Crippen LogP contribution in [-0.2, 0) is 11.3 Å². The second-order valence-corrected chi connectivity index (χ2v) is 4.24. The van der Waals surface area contributed by atoms with Gasteiger partial charge in [-0.3, -0.25) is 9.59 Å². The van der Waals surface area contributed by atoms with Crippen molar-refractivity contribution in [2.45, 2.75) is 6.54 Å². The Kier molecular flexibility index (Phi) is 3.62. The standard InChI is InChI=1S/C12H12ClN3O2/c1-2-11(17)14-5-6-16-7-9-8(12(16)18)3-4-10(13)15-9/h2-4H,1,5-7H2,(H,14,17). The summed E-state index contributed by atoms with van der Waals surface area (Å²) in [4.78, 5) is 28.7. The minimum Gasteiger partial charge on any atom is -0.351 e. The van der Waals surface area contributed by atoms with Crippen LogP contribution < -0.4 is 5.32 Å². The van der Waals surface area contributed by atoms with Crippen molar-refractivity contribution in [1.29, 1.82) is 0 Å². The van der Waals surface area contributed by atoms with Gasteiger partial charge >= 0.3 is 0 Å². The molecule has 0 saturated carbocycles. The van der Waals surface area contributed by atoms with E-state index in [-0.39, 0.29) is 11.8 Å². The minimum absolute atomic E-state index is 0.0815. The van der Waals surface area contributed by atoms with Crippen LogP contribution in [0.5, 0.6) is 0 Å². The zero-order valence-corrected chi connectivity index (χ0v) is 10.4. The van der Waals surface area contributed by atoms with E-state index in [1.54, 1.807) is 17.0 Å². The second-order valence-electron chi connectivity index (χ2n) is 3.85. The highest BCUT2D eigenvalue weighted by atomic mass is 35.5. The van der Waals surface area contributed by atoms with E-state index in [0.717, 1.165) is 0 Å². The van der Waals surface area contributed by atoms with Crippen LogP contribution in [0.3, 0.4) is 0 Å². The van der Waals surface area contributed by atoms with Gasteiger partial charge in [-0.1, -0.05) is 18.2 Å². The lowest BCUT2D eigenvalue weighted by molar-refractivity contribution is -0.116. The van der Waals surface area contributed by atoms with E-state index in [2.05, 4.69) is 16.9 Å². The number of nitrogens with one attached hydrogen (secondary N) is 1. The highest BCUT2D eigenvalue weighted by Crippen LogP contribution is 2.22. The average Bonchev–Trinajstić information content (AvgIpc) is 2.65. The van der Waals surface area contributed by atoms with Crippen molar-refractivity contribution in [3.63, 3.8) is 0 Å². The monoisotopic (exact) mass is 265 g/mol. The van der Waals surface area contributed by atoms with E-state index in [9.17, 15) is 9.59 Å². The highest BCUT2D eigenvalue weighted by molar-refractivity contribution is 6.29. The molecule has 1 aromatic heterocycles. The molecule has 2 amide bonds. The first-order valence-corrected chi connectivity index (χ1v) is 5.84. The Morgan fingerprint density at radius 3 is 3.11 bits per heavy atom. The summed E-state index contributed by atoms with van der Waals surface area (Å²) < 4.78 is 0. The number of hydrogen-bond donors (Lipinski definition) is 1. The first kappa shape index (κ1) is 12.6. The van der Waals surface area contributed by atoms with E-state index in [1.165, 1.54) is 6.08 Å². The molecule has 2 heterocycles. The summed E-state index contributed by atoms with van der Waals surface area (Å²) >= 11 is 5.77. The van der Waals surface area contributed by atoms with Crippen molar-refractivity contribution >= 4 is 23.4 Å². The quantitative estimate of drug-likeness (QED) is 0.652. The molecule has 1 aromatic rings. The van der Waals surface area contributed by atoms with Gasteiger partial charge < -0.3 is 10.2 Å². The van der Waals surface area contributed by atoms with Crippen LogP contribution in [0.4, 0.5) is 0 Å². The molecule has 6 heteroatoms. The molecule has 94 valence electrons. The number of halogens is 1. The van der Waals surface area contributed by atoms with Gasteiger partial charge in [-0.2, -0.15) is 0 Å². The largest absolute Gasteiger partial charge is 0.351 e. The molecule has 0 radical (unpaired) electrons. The van der Waals surface area contributed by atoms with Gasteiger partial charge in [-0.15, -0.1) is 0 Å². The van der Waals surface area contributed by atoms with Gasteiger partial charge in [0, 0.05) is 13.1 Å². The first-order valence-electron chi connectivity index (χ1n) is 5.47. The third kappa shape index (κ3) is 2.51. The normalized spacial score (nSPS) is 13.4. The molecule has 18 heavy (non-hydrogen) atoms. The summed E-state index contributed by atoms with van der Waals surface area (Å²) in [5, 5.41) is 3.00. The number of hydrogen-bond acceptors (Lipinski definition) is 3. The number of aromatic nitrogens is 1. The third-order valence-electron chi connectivity index (χ3n) is 2.66. The molecule has 0 aromatic carbocycles. The molecule has 5 nitrogen and oxygen atoms in total. The molecule has 0 bridgehead atoms. The van der Waals surface area contributed by atoms with Gasteiger partial charge in [-0.05, 0) is 18.2 Å². The van der Waals surface area contributed by atoms with Crippen LogP contribution >= 0.6 is 11.6 Å². The summed E-state index contributed by atoms with van der Waals surface area (Å²) in [6, 6.07) is 3.27. The van der Waals surface area contributed by atoms with Crippen LogP contribution in [0.25, 0.3) is 0 Å². The van der Waals surface area contributed by atoms with E-state index >= 15 is 0 Å². The lowest BCUT2D eigenvalue weighted by atomic mass is 10.2. The van der Waals surface area contributed by atoms with Crippen molar-refractivity contribution in [3.05, 3.63) is 41.2 Å². The number of carbonyl (C=O) groups is 2. The maximum atomic E-state index is 12.0. The van der Waals surface area contributed by atoms with Gasteiger partial charge in [-0.25, -0.2) is 4.98 Å². The molecule has 0 unspecified atom stereocenters. The number of pyridine rings is 1. The van der Waals surface area contributed by atoms with Crippen LogP contribution in [-0.4, -0.2) is 34.8 Å². The predicted molar refractivity (Wildman–Crippen MR) is 67.2 cm³/mol. The van der Waals surface area contributed by atoms with Gasteiger partial charge in [0.25, 0.3) is 5.91 Å². The average molecular weight is 266 g/mol. The first-order chi connectivity index (χ1) is 8.61. The van der Waals surface area contributed by atoms with Gasteiger partial charge in [0.15, 0.2) is 0 Å². The van der Waals surface area contributed by atoms with E-state index < -0.39 is 0 Å². The smallest absolute Gasteiger partial charge is 0.256 e. The van der Waals surface area contributed by atoms with E-state index in [1.807, 2.05) is 0 Å². The van der Waals surface area contributed by atoms with E-state index in [4.69, 9.17) is 11.6 Å². The topological polar surface area (TPSA) is 62.3 Å². The summed E-state index contributed by atoms with van der Waals surface area (Å²) in [5.41, 5.74) is 1.26. The summed E-state index contributed by atoms with van der Waals surface area (Å²) in [6.45, 7) is 4.60. The number of amides is 2. The fraction of sp³-hybridized carbons (Fsp3) is 0.250. The van der Waals surface area contributed by atoms with Crippen molar-refractivity contribution < 1.29 is 9.59 Å². The molecule has 0 spiro atoms. The fourth-order valence-corrected chi connectivity index (χ4v) is 1.94. The van der Waals surface area contributed by atoms with Crippen LogP contribution in [0.15, 0.2) is 24.8 Å². The lowest BCUT2D eigenvalue weighted by Crippen LogP contribution is -2.34. The van der Waals surface area contributed by atoms with Crippen LogP contribution in [0, 0.1) is 0 Å². The van der Waals surface area contributed by atoms with E-state index in [0.29, 0.717) is 36.0 Å². The molecular formula is C12H12ClN3O2. The van der Waals surface area contributed by atoms with Gasteiger partial charge in [0.1, 0.15) is 5.15 Å². The van der Waals surface area contributed by atoms with Crippen LogP contribution in [0.1, 0.15) is 16.1 Å². The Morgan fingerprint density at radius 1 is 1.61 bits per heavy atom. The Bertz CT molecular complexity index is 516. The van der Waals surface area contributed by atoms with Gasteiger partial charge in [0.05, 0.1) is 17.8 Å². The molecule has 1 N–H and O–H groups in total. The van der Waals surface area contributed by atoms with Crippen molar-refractivity contribution in [3.8, 4) is 0 Å². The molecule has 0 saturated heterocycles. The molecule has 0 aliphatic carbocycles. The van der Waals surface area contributed by atoms with Gasteiger partial charge in [0.2, 0.25) is 5.91 Å². The lowest BCUT2D eigenvalue weighted by Gasteiger charge is -2.14. The molecule has 0 atom stereocenters. The maximum absolute atomic E-state index is 12.0. The molecule has 2 rings (SSSR count). The van der Waals surface area contributed by atoms with Crippen molar-refractivity contribution in [2.75, 3.05) is 13.1 Å². The SMILES string of the molecule is C=CC(=O)NCCN1Cc2nc(Cl)ccc2C1=O. The third-order valence-corrected chi connectivity index (χ3v) is 2.88. The zero-order chi connectivity index (χ0) is 13.1.